The molecule has 0 aliphatic rings. The average molecular weight is 254 g/mol. The number of hydrogen-bond donors (Lipinski definition) is 1. The van der Waals surface area contributed by atoms with Gasteiger partial charge in [-0.3, -0.25) is 4.68 Å². The molecule has 0 fully saturated rings. The number of aryl methyl sites for hydroxylation is 1. The molecule has 2 aromatic rings. The van der Waals surface area contributed by atoms with Crippen molar-refractivity contribution in [2.24, 2.45) is 5.73 Å². The summed E-state index contributed by atoms with van der Waals surface area (Å²) in [7, 11) is 0. The van der Waals surface area contributed by atoms with Crippen LogP contribution in [0.15, 0.2) is 24.4 Å². The number of halogens is 2. The number of nitrogens with two attached hydrogens (primary N) is 1. The molecule has 1 heterocycles. The normalized spacial score (nSPS) is 10.8. The molecule has 1 aromatic heterocycles. The van der Waals surface area contributed by atoms with Crippen molar-refractivity contribution in [3.8, 4) is 0 Å². The molecule has 0 bridgehead atoms. The van der Waals surface area contributed by atoms with Gasteiger partial charge in [-0.25, -0.2) is 4.39 Å². The lowest BCUT2D eigenvalue weighted by Gasteiger charge is -2.05. The lowest BCUT2D eigenvalue weighted by Crippen LogP contribution is -2.05. The molecule has 90 valence electrons. The zero-order chi connectivity index (χ0) is 12.4. The Morgan fingerprint density at radius 1 is 1.47 bits per heavy atom. The molecule has 5 heteroatoms. The van der Waals surface area contributed by atoms with Crippen LogP contribution in [0.1, 0.15) is 16.8 Å². The van der Waals surface area contributed by atoms with Crippen LogP contribution in [0.5, 0.6) is 0 Å². The number of aromatic nitrogens is 2. The van der Waals surface area contributed by atoms with Crippen molar-refractivity contribution >= 4 is 11.6 Å². The van der Waals surface area contributed by atoms with Gasteiger partial charge in [0.05, 0.1) is 17.3 Å². The minimum atomic E-state index is -0.258. The predicted octanol–water partition coefficient (Wildman–Crippen LogP) is 2.49. The van der Waals surface area contributed by atoms with Gasteiger partial charge in [-0.15, -0.1) is 0 Å². The van der Waals surface area contributed by atoms with E-state index in [0.29, 0.717) is 23.7 Å². The second-order valence-electron chi connectivity index (χ2n) is 3.89. The lowest BCUT2D eigenvalue weighted by atomic mass is 10.1. The number of benzene rings is 1. The monoisotopic (exact) mass is 253 g/mol. The van der Waals surface area contributed by atoms with Gasteiger partial charge >= 0.3 is 0 Å². The molecule has 17 heavy (non-hydrogen) atoms. The third kappa shape index (κ3) is 2.65. The maximum atomic E-state index is 13.6. The standard InChI is InChI=1S/C12H13ClFN3/c1-8-11(13)7-17(16-8)6-10-4-9(5-15)2-3-12(10)14/h2-4,7H,5-6,15H2,1H3. The zero-order valence-corrected chi connectivity index (χ0v) is 10.2. The van der Waals surface area contributed by atoms with Crippen molar-refractivity contribution in [3.05, 3.63) is 52.1 Å². The number of hydrogen-bond acceptors (Lipinski definition) is 2. The molecule has 0 aliphatic heterocycles. The second-order valence-corrected chi connectivity index (χ2v) is 4.30. The number of rotatable bonds is 3. The summed E-state index contributed by atoms with van der Waals surface area (Å²) in [4.78, 5) is 0. The van der Waals surface area contributed by atoms with Gasteiger partial charge in [0.1, 0.15) is 5.82 Å². The van der Waals surface area contributed by atoms with E-state index in [-0.39, 0.29) is 5.82 Å². The van der Waals surface area contributed by atoms with E-state index in [2.05, 4.69) is 5.10 Å². The van der Waals surface area contributed by atoms with E-state index in [1.807, 2.05) is 6.92 Å². The molecular weight excluding hydrogens is 241 g/mol. The van der Waals surface area contributed by atoms with E-state index in [9.17, 15) is 4.39 Å². The van der Waals surface area contributed by atoms with Gasteiger partial charge in [0.15, 0.2) is 0 Å². The third-order valence-corrected chi connectivity index (χ3v) is 2.94. The first-order chi connectivity index (χ1) is 8.10. The number of nitrogens with zero attached hydrogens (tertiary/aromatic N) is 2. The van der Waals surface area contributed by atoms with Crippen LogP contribution in [0.2, 0.25) is 5.02 Å². The van der Waals surface area contributed by atoms with Crippen LogP contribution in [0, 0.1) is 12.7 Å². The van der Waals surface area contributed by atoms with Gasteiger partial charge < -0.3 is 5.73 Å². The summed E-state index contributed by atoms with van der Waals surface area (Å²) in [6, 6.07) is 4.86. The molecule has 2 rings (SSSR count). The lowest BCUT2D eigenvalue weighted by molar-refractivity contribution is 0.583. The fourth-order valence-electron chi connectivity index (χ4n) is 1.63. The zero-order valence-electron chi connectivity index (χ0n) is 9.45. The Morgan fingerprint density at radius 2 is 2.24 bits per heavy atom. The highest BCUT2D eigenvalue weighted by Gasteiger charge is 2.07. The topological polar surface area (TPSA) is 43.8 Å². The fraction of sp³-hybridized carbons (Fsp3) is 0.250. The summed E-state index contributed by atoms with van der Waals surface area (Å²) in [6.07, 6.45) is 1.69. The van der Waals surface area contributed by atoms with E-state index >= 15 is 0 Å². The fourth-order valence-corrected chi connectivity index (χ4v) is 1.78. The largest absolute Gasteiger partial charge is 0.326 e. The molecule has 0 amide bonds. The van der Waals surface area contributed by atoms with E-state index in [1.165, 1.54) is 6.07 Å². The molecule has 0 saturated carbocycles. The van der Waals surface area contributed by atoms with E-state index in [1.54, 1.807) is 23.0 Å². The van der Waals surface area contributed by atoms with Crippen LogP contribution < -0.4 is 5.73 Å². The Labute approximate surface area is 104 Å². The molecule has 0 saturated heterocycles. The smallest absolute Gasteiger partial charge is 0.128 e. The average Bonchev–Trinajstić information content (AvgIpc) is 2.61. The molecule has 0 spiro atoms. The molecule has 1 aromatic carbocycles. The minimum absolute atomic E-state index is 0.258. The van der Waals surface area contributed by atoms with Gasteiger partial charge in [0.25, 0.3) is 0 Å². The first-order valence-electron chi connectivity index (χ1n) is 5.27. The summed E-state index contributed by atoms with van der Waals surface area (Å²) >= 11 is 5.90. The summed E-state index contributed by atoms with van der Waals surface area (Å²) in [6.45, 7) is 2.56. The van der Waals surface area contributed by atoms with Crippen molar-refractivity contribution in [2.75, 3.05) is 0 Å². The Balaban J connectivity index is 2.28. The SMILES string of the molecule is Cc1nn(Cc2cc(CN)ccc2F)cc1Cl. The summed E-state index contributed by atoms with van der Waals surface area (Å²) < 4.78 is 15.2. The molecule has 3 nitrogen and oxygen atoms in total. The van der Waals surface area contributed by atoms with E-state index in [0.717, 1.165) is 11.3 Å². The summed E-state index contributed by atoms with van der Waals surface area (Å²) in [5.74, 6) is -0.258. The molecule has 0 aliphatic carbocycles. The maximum Gasteiger partial charge on any atom is 0.128 e. The van der Waals surface area contributed by atoms with Gasteiger partial charge in [0.2, 0.25) is 0 Å². The predicted molar refractivity (Wildman–Crippen MR) is 65.4 cm³/mol. The maximum absolute atomic E-state index is 13.6. The van der Waals surface area contributed by atoms with Crippen molar-refractivity contribution in [3.63, 3.8) is 0 Å². The Hall–Kier alpha value is -1.39. The van der Waals surface area contributed by atoms with Crippen LogP contribution in [-0.2, 0) is 13.1 Å². The molecule has 2 N–H and O–H groups in total. The van der Waals surface area contributed by atoms with Crippen LogP contribution in [0.25, 0.3) is 0 Å². The Morgan fingerprint density at radius 3 is 2.82 bits per heavy atom. The highest BCUT2D eigenvalue weighted by molar-refractivity contribution is 6.31. The van der Waals surface area contributed by atoms with Crippen LogP contribution >= 0.6 is 11.6 Å². The van der Waals surface area contributed by atoms with Gasteiger partial charge in [-0.2, -0.15) is 5.10 Å². The van der Waals surface area contributed by atoms with Crippen LogP contribution in [-0.4, -0.2) is 9.78 Å². The highest BCUT2D eigenvalue weighted by atomic mass is 35.5. The Bertz CT molecular complexity index is 517. The Kier molecular flexibility index (Phi) is 3.45. The quantitative estimate of drug-likeness (QED) is 0.913. The van der Waals surface area contributed by atoms with Crippen molar-refractivity contribution < 1.29 is 4.39 Å². The van der Waals surface area contributed by atoms with Gasteiger partial charge in [0, 0.05) is 18.3 Å². The summed E-state index contributed by atoms with van der Waals surface area (Å²) in [5.41, 5.74) is 7.72. The van der Waals surface area contributed by atoms with Crippen LogP contribution in [0.4, 0.5) is 4.39 Å². The third-order valence-electron chi connectivity index (χ3n) is 2.56. The highest BCUT2D eigenvalue weighted by Crippen LogP contribution is 2.16. The minimum Gasteiger partial charge on any atom is -0.326 e. The van der Waals surface area contributed by atoms with Crippen molar-refractivity contribution in [1.29, 1.82) is 0 Å². The van der Waals surface area contributed by atoms with Gasteiger partial charge in [-0.05, 0) is 24.6 Å². The first-order valence-corrected chi connectivity index (χ1v) is 5.65. The van der Waals surface area contributed by atoms with Crippen molar-refractivity contribution in [1.82, 2.24) is 9.78 Å². The molecule has 0 atom stereocenters. The molecule has 0 unspecified atom stereocenters. The van der Waals surface area contributed by atoms with Crippen molar-refractivity contribution in [2.45, 2.75) is 20.0 Å². The molecule has 0 radical (unpaired) electrons. The van der Waals surface area contributed by atoms with E-state index < -0.39 is 0 Å². The van der Waals surface area contributed by atoms with Gasteiger partial charge in [-0.1, -0.05) is 17.7 Å². The molecular formula is C12H13ClFN3. The van der Waals surface area contributed by atoms with Crippen LogP contribution in [0.3, 0.4) is 0 Å². The summed E-state index contributed by atoms with van der Waals surface area (Å²) in [5, 5.41) is 4.77. The van der Waals surface area contributed by atoms with E-state index in [4.69, 9.17) is 17.3 Å². The second kappa shape index (κ2) is 4.85. The first kappa shape index (κ1) is 12.1.